The third-order valence-corrected chi connectivity index (χ3v) is 3.56. The van der Waals surface area contributed by atoms with Crippen LogP contribution in [0.15, 0.2) is 60.0 Å². The number of aromatic nitrogens is 3. The molecule has 0 radical (unpaired) electrons. The molecule has 1 N–H and O–H groups in total. The molecule has 2 aromatic heterocycles. The van der Waals surface area contributed by atoms with Crippen molar-refractivity contribution in [2.45, 2.75) is 0 Å². The van der Waals surface area contributed by atoms with Crippen LogP contribution in [-0.2, 0) is 4.79 Å². The zero-order valence-electron chi connectivity index (χ0n) is 12.8. The zero-order chi connectivity index (χ0) is 17.6. The summed E-state index contributed by atoms with van der Waals surface area (Å²) in [5.74, 6) is 1.76. The van der Waals surface area contributed by atoms with Gasteiger partial charge in [0.2, 0.25) is 0 Å². The highest BCUT2D eigenvalue weighted by molar-refractivity contribution is 6.35. The quantitative estimate of drug-likeness (QED) is 0.337. The van der Waals surface area contributed by atoms with Crippen molar-refractivity contribution in [2.75, 3.05) is 0 Å². The Morgan fingerprint density at radius 1 is 1.20 bits per heavy atom. The molecule has 3 rings (SSSR count). The van der Waals surface area contributed by atoms with Gasteiger partial charge in [0.05, 0.1) is 22.9 Å². The van der Waals surface area contributed by atoms with E-state index < -0.39 is 0 Å². The second-order valence-corrected chi connectivity index (χ2v) is 5.37. The van der Waals surface area contributed by atoms with Crippen molar-refractivity contribution < 1.29 is 10.0 Å². The fraction of sp³-hybridized carbons (Fsp3) is 0. The van der Waals surface area contributed by atoms with Gasteiger partial charge < -0.3 is 5.21 Å². The third-order valence-electron chi connectivity index (χ3n) is 3.33. The highest BCUT2D eigenvalue weighted by atomic mass is 35.5. The van der Waals surface area contributed by atoms with E-state index in [-0.39, 0.29) is 17.0 Å². The number of oxime groups is 1. The lowest BCUT2D eigenvalue weighted by molar-refractivity contribution is 0.320. The van der Waals surface area contributed by atoms with Crippen LogP contribution < -0.4 is 0 Å². The maximum atomic E-state index is 11.4. The van der Waals surface area contributed by atoms with Gasteiger partial charge in [0, 0.05) is 11.2 Å². The molecule has 0 saturated heterocycles. The Morgan fingerprint density at radius 3 is 2.80 bits per heavy atom. The van der Waals surface area contributed by atoms with Crippen molar-refractivity contribution in [1.29, 1.82) is 0 Å². The van der Waals surface area contributed by atoms with E-state index in [0.717, 1.165) is 0 Å². The molecular weight excluding hydrogens is 340 g/mol. The maximum absolute atomic E-state index is 11.4. The summed E-state index contributed by atoms with van der Waals surface area (Å²) in [6.07, 6.45) is 6.10. The Morgan fingerprint density at radius 2 is 2.08 bits per heavy atom. The molecule has 7 heteroatoms. The standard InChI is InChI=1S/C18H11ClN4O2/c19-12-4-6-16-17(9-12)21-10-18(22-16)14(11-24)15(23-25)7-5-13-3-1-2-8-20-13/h1-10,25H/b7-5+,23-15+. The molecule has 0 aliphatic heterocycles. The zero-order valence-corrected chi connectivity index (χ0v) is 13.6. The van der Waals surface area contributed by atoms with Crippen LogP contribution in [0.5, 0.6) is 0 Å². The van der Waals surface area contributed by atoms with Gasteiger partial charge in [-0.15, -0.1) is 0 Å². The first-order valence-corrected chi connectivity index (χ1v) is 7.58. The topological polar surface area (TPSA) is 88.3 Å². The number of fused-ring (bicyclic) bond motifs is 1. The number of benzene rings is 1. The summed E-state index contributed by atoms with van der Waals surface area (Å²) in [7, 11) is 0. The molecule has 0 bridgehead atoms. The van der Waals surface area contributed by atoms with Crippen molar-refractivity contribution in [2.24, 2.45) is 5.16 Å². The summed E-state index contributed by atoms with van der Waals surface area (Å²) >= 11 is 5.92. The Balaban J connectivity index is 1.97. The van der Waals surface area contributed by atoms with Gasteiger partial charge in [0.25, 0.3) is 0 Å². The van der Waals surface area contributed by atoms with Gasteiger partial charge >= 0.3 is 0 Å². The van der Waals surface area contributed by atoms with Crippen molar-refractivity contribution >= 4 is 45.9 Å². The number of rotatable bonds is 4. The lowest BCUT2D eigenvalue weighted by Gasteiger charge is -2.04. The molecule has 0 atom stereocenters. The van der Waals surface area contributed by atoms with Crippen LogP contribution in [-0.4, -0.2) is 31.8 Å². The SMILES string of the molecule is O=C=C(C(/C=C/c1ccccn1)=N/O)c1cnc2cc(Cl)ccc2n1. The molecule has 1 aromatic carbocycles. The highest BCUT2D eigenvalue weighted by Gasteiger charge is 2.13. The average Bonchev–Trinajstić information content (AvgIpc) is 2.65. The van der Waals surface area contributed by atoms with E-state index in [1.165, 1.54) is 12.3 Å². The molecule has 6 nitrogen and oxygen atoms in total. The molecule has 0 aliphatic carbocycles. The number of carbonyl (C=O) groups excluding carboxylic acids is 1. The van der Waals surface area contributed by atoms with Crippen molar-refractivity contribution in [3.05, 3.63) is 71.3 Å². The molecule has 0 amide bonds. The molecule has 0 fully saturated rings. The molecule has 0 unspecified atom stereocenters. The van der Waals surface area contributed by atoms with E-state index in [1.807, 2.05) is 6.07 Å². The molecule has 3 aromatic rings. The van der Waals surface area contributed by atoms with Gasteiger partial charge in [-0.2, -0.15) is 0 Å². The number of nitrogens with zero attached hydrogens (tertiary/aromatic N) is 4. The number of allylic oxidation sites excluding steroid dienone is 2. The van der Waals surface area contributed by atoms with Crippen molar-refractivity contribution in [3.8, 4) is 0 Å². The molecule has 0 spiro atoms. The van der Waals surface area contributed by atoms with E-state index in [9.17, 15) is 10.0 Å². The van der Waals surface area contributed by atoms with E-state index in [2.05, 4.69) is 20.1 Å². The number of pyridine rings is 1. The van der Waals surface area contributed by atoms with Crippen molar-refractivity contribution in [3.63, 3.8) is 0 Å². The van der Waals surface area contributed by atoms with Gasteiger partial charge in [0.15, 0.2) is 0 Å². The lowest BCUT2D eigenvalue weighted by Crippen LogP contribution is -2.03. The molecule has 122 valence electrons. The van der Waals surface area contributed by atoms with Crippen LogP contribution in [0.25, 0.3) is 22.7 Å². The number of halogens is 1. The Hall–Kier alpha value is -3.34. The smallest absolute Gasteiger partial charge is 0.137 e. The van der Waals surface area contributed by atoms with Crippen molar-refractivity contribution in [1.82, 2.24) is 15.0 Å². The first-order valence-electron chi connectivity index (χ1n) is 7.20. The van der Waals surface area contributed by atoms with E-state index in [1.54, 1.807) is 48.5 Å². The molecular formula is C18H11ClN4O2. The summed E-state index contributed by atoms with van der Waals surface area (Å²) in [5, 5.41) is 13.0. The fourth-order valence-corrected chi connectivity index (χ4v) is 2.31. The maximum Gasteiger partial charge on any atom is 0.137 e. The van der Waals surface area contributed by atoms with Crippen LogP contribution in [0.4, 0.5) is 0 Å². The average molecular weight is 351 g/mol. The summed E-state index contributed by atoms with van der Waals surface area (Å²) < 4.78 is 0. The largest absolute Gasteiger partial charge is 0.410 e. The summed E-state index contributed by atoms with van der Waals surface area (Å²) in [5.41, 5.74) is 2.02. The van der Waals surface area contributed by atoms with E-state index in [0.29, 0.717) is 21.7 Å². The van der Waals surface area contributed by atoms with Crippen LogP contribution in [0.3, 0.4) is 0 Å². The van der Waals surface area contributed by atoms with Gasteiger partial charge in [-0.25, -0.2) is 9.78 Å². The molecule has 25 heavy (non-hydrogen) atoms. The van der Waals surface area contributed by atoms with Crippen LogP contribution in [0, 0.1) is 0 Å². The predicted octanol–water partition coefficient (Wildman–Crippen LogP) is 3.44. The third kappa shape index (κ3) is 3.77. The normalized spacial score (nSPS) is 11.6. The molecule has 0 aliphatic rings. The highest BCUT2D eigenvalue weighted by Crippen LogP contribution is 2.19. The first kappa shape index (κ1) is 16.5. The predicted molar refractivity (Wildman–Crippen MR) is 96.1 cm³/mol. The number of hydrogen-bond donors (Lipinski definition) is 1. The minimum Gasteiger partial charge on any atom is -0.410 e. The minimum atomic E-state index is -0.0148. The Kier molecular flexibility index (Phi) is 4.95. The Labute approximate surface area is 147 Å². The van der Waals surface area contributed by atoms with Crippen LogP contribution in [0.2, 0.25) is 5.02 Å². The summed E-state index contributed by atoms with van der Waals surface area (Å²) in [6, 6.07) is 10.4. The number of hydrogen-bond acceptors (Lipinski definition) is 6. The second-order valence-electron chi connectivity index (χ2n) is 4.94. The summed E-state index contributed by atoms with van der Waals surface area (Å²) in [4.78, 5) is 24.1. The molecule has 2 heterocycles. The Bertz CT molecular complexity index is 1030. The lowest BCUT2D eigenvalue weighted by atomic mass is 10.1. The second kappa shape index (κ2) is 7.49. The monoisotopic (exact) mass is 350 g/mol. The summed E-state index contributed by atoms with van der Waals surface area (Å²) in [6.45, 7) is 0. The fourth-order valence-electron chi connectivity index (χ4n) is 2.15. The van der Waals surface area contributed by atoms with Gasteiger partial charge in [-0.05, 0) is 42.5 Å². The van der Waals surface area contributed by atoms with Crippen LogP contribution in [0.1, 0.15) is 11.4 Å². The van der Waals surface area contributed by atoms with Crippen LogP contribution >= 0.6 is 11.6 Å². The molecule has 0 saturated carbocycles. The van der Waals surface area contributed by atoms with Gasteiger partial charge in [0.1, 0.15) is 22.9 Å². The van der Waals surface area contributed by atoms with E-state index >= 15 is 0 Å². The minimum absolute atomic E-state index is 0.00302. The van der Waals surface area contributed by atoms with E-state index in [4.69, 9.17) is 11.6 Å². The first-order chi connectivity index (χ1) is 12.2. The van der Waals surface area contributed by atoms with Gasteiger partial charge in [-0.3, -0.25) is 9.97 Å². The van der Waals surface area contributed by atoms with Gasteiger partial charge in [-0.1, -0.05) is 22.8 Å².